The lowest BCUT2D eigenvalue weighted by Crippen LogP contribution is -2.33. The van der Waals surface area contributed by atoms with Gasteiger partial charge in [-0.3, -0.25) is 9.59 Å². The number of ketones is 1. The molecule has 5 nitrogen and oxygen atoms in total. The van der Waals surface area contributed by atoms with Crippen molar-refractivity contribution in [3.05, 3.63) is 76.4 Å². The summed E-state index contributed by atoms with van der Waals surface area (Å²) in [6.07, 6.45) is 1.68. The minimum Gasteiger partial charge on any atom is -0.507 e. The van der Waals surface area contributed by atoms with Crippen LogP contribution in [0.5, 0.6) is 0 Å². The number of carbonyl (C=O) groups is 2. The summed E-state index contributed by atoms with van der Waals surface area (Å²) in [5.74, 6) is -1.27. The molecule has 2 aromatic carbocycles. The zero-order valence-corrected chi connectivity index (χ0v) is 19.6. The second-order valence-corrected chi connectivity index (χ2v) is 8.33. The van der Waals surface area contributed by atoms with E-state index in [1.165, 1.54) is 5.56 Å². The van der Waals surface area contributed by atoms with E-state index in [0.29, 0.717) is 12.1 Å². The van der Waals surface area contributed by atoms with Gasteiger partial charge in [-0.25, -0.2) is 0 Å². The van der Waals surface area contributed by atoms with Gasteiger partial charge in [0.25, 0.3) is 11.7 Å². The molecule has 1 heterocycles. The van der Waals surface area contributed by atoms with Crippen LogP contribution in [0, 0.1) is 6.92 Å². The van der Waals surface area contributed by atoms with Gasteiger partial charge in [-0.15, -0.1) is 0 Å². The Kier molecular flexibility index (Phi) is 7.86. The van der Waals surface area contributed by atoms with Gasteiger partial charge < -0.3 is 14.9 Å². The maximum absolute atomic E-state index is 13.1. The SMILES string of the molecule is CCc1ccc(C2C(=C(O)c3ccc(C)cc3)C(=O)C(=O)N2CCCN(CC)CC)cc1. The molecule has 0 aromatic heterocycles. The van der Waals surface area contributed by atoms with Crippen LogP contribution >= 0.6 is 0 Å². The van der Waals surface area contributed by atoms with Gasteiger partial charge in [-0.1, -0.05) is 74.9 Å². The number of nitrogens with zero attached hydrogens (tertiary/aromatic N) is 2. The van der Waals surface area contributed by atoms with Crippen molar-refractivity contribution in [2.75, 3.05) is 26.2 Å². The molecule has 1 amide bonds. The molecule has 1 fully saturated rings. The van der Waals surface area contributed by atoms with E-state index < -0.39 is 17.7 Å². The van der Waals surface area contributed by atoms with Crippen LogP contribution in [0.25, 0.3) is 5.76 Å². The van der Waals surface area contributed by atoms with E-state index >= 15 is 0 Å². The quantitative estimate of drug-likeness (QED) is 0.353. The Morgan fingerprint density at radius 3 is 2.16 bits per heavy atom. The molecule has 0 saturated carbocycles. The summed E-state index contributed by atoms with van der Waals surface area (Å²) in [5.41, 5.74) is 3.81. The molecule has 1 aliphatic heterocycles. The van der Waals surface area contributed by atoms with Gasteiger partial charge in [0.05, 0.1) is 11.6 Å². The molecule has 5 heteroatoms. The Labute approximate surface area is 191 Å². The molecule has 0 spiro atoms. The summed E-state index contributed by atoms with van der Waals surface area (Å²) >= 11 is 0. The first-order valence-corrected chi connectivity index (χ1v) is 11.6. The molecule has 3 rings (SSSR count). The average molecular weight is 435 g/mol. The fourth-order valence-electron chi connectivity index (χ4n) is 4.26. The van der Waals surface area contributed by atoms with Crippen molar-refractivity contribution in [2.45, 2.75) is 46.6 Å². The first kappa shape index (κ1) is 23.7. The van der Waals surface area contributed by atoms with Gasteiger partial charge in [0.2, 0.25) is 0 Å². The second-order valence-electron chi connectivity index (χ2n) is 8.33. The third-order valence-corrected chi connectivity index (χ3v) is 6.34. The average Bonchev–Trinajstić information content (AvgIpc) is 3.07. The molecule has 1 saturated heterocycles. The summed E-state index contributed by atoms with van der Waals surface area (Å²) in [5, 5.41) is 11.1. The number of aliphatic hydroxyl groups is 1. The van der Waals surface area contributed by atoms with Gasteiger partial charge in [-0.2, -0.15) is 0 Å². The molecule has 0 aliphatic carbocycles. The Hall–Kier alpha value is -2.92. The topological polar surface area (TPSA) is 60.9 Å². The number of likely N-dealkylation sites (tertiary alicyclic amines) is 1. The molecule has 0 radical (unpaired) electrons. The molecule has 2 aromatic rings. The van der Waals surface area contributed by atoms with Crippen molar-refractivity contribution in [3.8, 4) is 0 Å². The highest BCUT2D eigenvalue weighted by Gasteiger charge is 2.45. The second kappa shape index (κ2) is 10.6. The molecular formula is C27H34N2O3. The molecular weight excluding hydrogens is 400 g/mol. The summed E-state index contributed by atoms with van der Waals surface area (Å²) < 4.78 is 0. The largest absolute Gasteiger partial charge is 0.507 e. The molecule has 1 N–H and O–H groups in total. The molecule has 1 atom stereocenters. The number of amides is 1. The van der Waals surface area contributed by atoms with Crippen molar-refractivity contribution >= 4 is 17.4 Å². The lowest BCUT2D eigenvalue weighted by atomic mass is 9.94. The first-order valence-electron chi connectivity index (χ1n) is 11.6. The van der Waals surface area contributed by atoms with E-state index in [1.807, 2.05) is 43.3 Å². The lowest BCUT2D eigenvalue weighted by molar-refractivity contribution is -0.140. The first-order chi connectivity index (χ1) is 15.4. The summed E-state index contributed by atoms with van der Waals surface area (Å²) in [4.78, 5) is 30.1. The number of carbonyl (C=O) groups excluding carboxylic acids is 2. The Morgan fingerprint density at radius 2 is 1.59 bits per heavy atom. The van der Waals surface area contributed by atoms with E-state index in [1.54, 1.807) is 17.0 Å². The molecule has 170 valence electrons. The number of benzene rings is 2. The van der Waals surface area contributed by atoms with E-state index in [0.717, 1.165) is 43.6 Å². The van der Waals surface area contributed by atoms with Crippen LogP contribution in [-0.2, 0) is 16.0 Å². The summed E-state index contributed by atoms with van der Waals surface area (Å²) in [6, 6.07) is 14.8. The predicted octanol–water partition coefficient (Wildman–Crippen LogP) is 4.71. The van der Waals surface area contributed by atoms with Crippen LogP contribution in [0.1, 0.15) is 55.5 Å². The van der Waals surface area contributed by atoms with Gasteiger partial charge in [0.1, 0.15) is 5.76 Å². The van der Waals surface area contributed by atoms with E-state index in [4.69, 9.17) is 0 Å². The van der Waals surface area contributed by atoms with Crippen LogP contribution in [0.2, 0.25) is 0 Å². The fourth-order valence-corrected chi connectivity index (χ4v) is 4.26. The fraction of sp³-hybridized carbons (Fsp3) is 0.407. The lowest BCUT2D eigenvalue weighted by Gasteiger charge is -2.27. The molecule has 1 unspecified atom stereocenters. The standard InChI is InChI=1S/C27H34N2O3/c1-5-20-11-15-21(16-12-20)24-23(25(30)22-13-9-19(4)10-14-22)26(31)27(32)29(24)18-8-17-28(6-2)7-3/h9-16,24,30H,5-8,17-18H2,1-4H3. The van der Waals surface area contributed by atoms with Crippen LogP contribution in [0.15, 0.2) is 54.1 Å². The van der Waals surface area contributed by atoms with Crippen LogP contribution in [-0.4, -0.2) is 52.8 Å². The number of aryl methyl sites for hydroxylation is 2. The maximum atomic E-state index is 13.1. The highest BCUT2D eigenvalue weighted by Crippen LogP contribution is 2.39. The summed E-state index contributed by atoms with van der Waals surface area (Å²) in [6.45, 7) is 11.5. The Bertz CT molecular complexity index is 973. The monoisotopic (exact) mass is 434 g/mol. The van der Waals surface area contributed by atoms with Gasteiger partial charge in [0.15, 0.2) is 0 Å². The predicted molar refractivity (Wildman–Crippen MR) is 128 cm³/mol. The van der Waals surface area contributed by atoms with Crippen molar-refractivity contribution < 1.29 is 14.7 Å². The highest BCUT2D eigenvalue weighted by atomic mass is 16.3. The zero-order valence-electron chi connectivity index (χ0n) is 19.6. The van der Waals surface area contributed by atoms with E-state index in [9.17, 15) is 14.7 Å². The third kappa shape index (κ3) is 4.94. The third-order valence-electron chi connectivity index (χ3n) is 6.34. The summed E-state index contributed by atoms with van der Waals surface area (Å²) in [7, 11) is 0. The number of Topliss-reactive ketones (excluding diaryl/α,β-unsaturated/α-hetero) is 1. The molecule has 32 heavy (non-hydrogen) atoms. The van der Waals surface area contributed by atoms with Crippen LogP contribution in [0.3, 0.4) is 0 Å². The number of aliphatic hydroxyl groups excluding tert-OH is 1. The van der Waals surface area contributed by atoms with Gasteiger partial charge in [-0.05, 0) is 50.5 Å². The minimum absolute atomic E-state index is 0.112. The number of hydrogen-bond acceptors (Lipinski definition) is 4. The van der Waals surface area contributed by atoms with Crippen molar-refractivity contribution in [2.24, 2.45) is 0 Å². The smallest absolute Gasteiger partial charge is 0.295 e. The molecule has 0 bridgehead atoms. The van der Waals surface area contributed by atoms with Gasteiger partial charge >= 0.3 is 0 Å². The van der Waals surface area contributed by atoms with Crippen molar-refractivity contribution in [3.63, 3.8) is 0 Å². The molecule has 1 aliphatic rings. The zero-order chi connectivity index (χ0) is 23.3. The number of hydrogen-bond donors (Lipinski definition) is 1. The van der Waals surface area contributed by atoms with Crippen LogP contribution < -0.4 is 0 Å². The van der Waals surface area contributed by atoms with E-state index in [2.05, 4.69) is 25.7 Å². The normalized spacial score (nSPS) is 18.0. The Morgan fingerprint density at radius 1 is 0.969 bits per heavy atom. The maximum Gasteiger partial charge on any atom is 0.295 e. The highest BCUT2D eigenvalue weighted by molar-refractivity contribution is 6.46. The van der Waals surface area contributed by atoms with Crippen molar-refractivity contribution in [1.82, 2.24) is 9.80 Å². The Balaban J connectivity index is 2.01. The van der Waals surface area contributed by atoms with E-state index in [-0.39, 0.29) is 11.3 Å². The van der Waals surface area contributed by atoms with Gasteiger partial charge in [0, 0.05) is 12.1 Å². The number of rotatable bonds is 9. The van der Waals surface area contributed by atoms with Crippen molar-refractivity contribution in [1.29, 1.82) is 0 Å². The minimum atomic E-state index is -0.615. The van der Waals surface area contributed by atoms with Crippen LogP contribution in [0.4, 0.5) is 0 Å².